The number of hydrogen-bond donors (Lipinski definition) is 0. The molecule has 6 nitrogen and oxygen atoms in total. The number of hydrogen-bond acceptors (Lipinski definition) is 5. The third kappa shape index (κ3) is 5.91. The van der Waals surface area contributed by atoms with E-state index in [2.05, 4.69) is 5.10 Å². The lowest BCUT2D eigenvalue weighted by molar-refractivity contribution is 0.229. The van der Waals surface area contributed by atoms with E-state index < -0.39 is 7.60 Å². The minimum absolute atomic E-state index is 0.297. The number of aromatic nitrogens is 2. The molecule has 152 valence electrons. The molecular formula is C22H25N2O4P. The number of rotatable bonds is 10. The number of para-hydroxylation sites is 1. The average Bonchev–Trinajstić information content (AvgIpc) is 3.16. The summed E-state index contributed by atoms with van der Waals surface area (Å²) in [5.74, 6) is 1.94. The maximum Gasteiger partial charge on any atom is 0.354 e. The topological polar surface area (TPSA) is 62.6 Å². The highest BCUT2D eigenvalue weighted by atomic mass is 31.2. The van der Waals surface area contributed by atoms with Gasteiger partial charge < -0.3 is 13.8 Å². The Kier molecular flexibility index (Phi) is 7.42. The Bertz CT molecular complexity index is 961. The van der Waals surface area contributed by atoms with Crippen molar-refractivity contribution in [2.24, 2.45) is 0 Å². The Balaban J connectivity index is 1.88. The molecule has 0 saturated carbocycles. The fourth-order valence-corrected chi connectivity index (χ4v) is 4.02. The second kappa shape index (κ2) is 10.2. The van der Waals surface area contributed by atoms with Crippen molar-refractivity contribution in [1.82, 2.24) is 9.78 Å². The van der Waals surface area contributed by atoms with Gasteiger partial charge in [0, 0.05) is 11.9 Å². The van der Waals surface area contributed by atoms with Gasteiger partial charge in [0.1, 0.15) is 6.61 Å². The molecule has 3 rings (SSSR count). The summed E-state index contributed by atoms with van der Waals surface area (Å²) in [4.78, 5) is 0. The molecule has 0 bridgehead atoms. The molecule has 0 fully saturated rings. The lowest BCUT2D eigenvalue weighted by atomic mass is 10.2. The molecule has 1 heterocycles. The van der Waals surface area contributed by atoms with Crippen molar-refractivity contribution < 1.29 is 18.3 Å². The molecule has 0 amide bonds. The van der Waals surface area contributed by atoms with Gasteiger partial charge in [0.2, 0.25) is 5.88 Å². The minimum atomic E-state index is -3.31. The minimum Gasteiger partial charge on any atom is -0.472 e. The summed E-state index contributed by atoms with van der Waals surface area (Å²) in [5, 5.41) is 4.56. The van der Waals surface area contributed by atoms with E-state index in [-0.39, 0.29) is 0 Å². The van der Waals surface area contributed by atoms with Crippen molar-refractivity contribution in [2.75, 3.05) is 13.2 Å². The smallest absolute Gasteiger partial charge is 0.354 e. The van der Waals surface area contributed by atoms with Crippen LogP contribution >= 0.6 is 7.60 Å². The van der Waals surface area contributed by atoms with Crippen LogP contribution in [0.5, 0.6) is 5.88 Å². The SMILES string of the molecule is CCOP(=O)(/C=C/c1cc(OCc2ccccc2)nn1-c1ccccc1)OCC. The van der Waals surface area contributed by atoms with Gasteiger partial charge in [0.15, 0.2) is 0 Å². The Morgan fingerprint density at radius 1 is 0.966 bits per heavy atom. The van der Waals surface area contributed by atoms with Crippen LogP contribution in [0.2, 0.25) is 0 Å². The zero-order valence-corrected chi connectivity index (χ0v) is 17.5. The van der Waals surface area contributed by atoms with E-state index in [1.807, 2.05) is 60.7 Å². The molecule has 0 unspecified atom stereocenters. The molecule has 2 aromatic carbocycles. The van der Waals surface area contributed by atoms with Gasteiger partial charge in [0.25, 0.3) is 0 Å². The van der Waals surface area contributed by atoms with Gasteiger partial charge in [0.05, 0.1) is 24.6 Å². The Morgan fingerprint density at radius 3 is 2.21 bits per heavy atom. The van der Waals surface area contributed by atoms with Crippen LogP contribution in [0.25, 0.3) is 11.8 Å². The van der Waals surface area contributed by atoms with Crippen LogP contribution in [0.15, 0.2) is 72.5 Å². The summed E-state index contributed by atoms with van der Waals surface area (Å²) < 4.78 is 31.0. The second-order valence-electron chi connectivity index (χ2n) is 6.12. The molecule has 0 aliphatic rings. The van der Waals surface area contributed by atoms with Crippen LogP contribution in [0.4, 0.5) is 0 Å². The second-order valence-corrected chi connectivity index (χ2v) is 8.01. The van der Waals surface area contributed by atoms with Crippen molar-refractivity contribution in [3.8, 4) is 11.6 Å². The van der Waals surface area contributed by atoms with E-state index in [1.54, 1.807) is 30.7 Å². The number of ether oxygens (including phenoxy) is 1. The van der Waals surface area contributed by atoms with Crippen molar-refractivity contribution in [2.45, 2.75) is 20.5 Å². The first-order valence-electron chi connectivity index (χ1n) is 9.54. The molecular weight excluding hydrogens is 387 g/mol. The maximum absolute atomic E-state index is 12.8. The predicted octanol–water partition coefficient (Wildman–Crippen LogP) is 5.69. The van der Waals surface area contributed by atoms with Crippen LogP contribution in [-0.4, -0.2) is 23.0 Å². The van der Waals surface area contributed by atoms with E-state index >= 15 is 0 Å². The monoisotopic (exact) mass is 412 g/mol. The lowest BCUT2D eigenvalue weighted by Crippen LogP contribution is -2.00. The predicted molar refractivity (Wildman–Crippen MR) is 114 cm³/mol. The lowest BCUT2D eigenvalue weighted by Gasteiger charge is -2.12. The summed E-state index contributed by atoms with van der Waals surface area (Å²) >= 11 is 0. The van der Waals surface area contributed by atoms with Crippen LogP contribution in [0.1, 0.15) is 25.1 Å². The number of nitrogens with zero attached hydrogens (tertiary/aromatic N) is 2. The molecule has 0 aliphatic heterocycles. The van der Waals surface area contributed by atoms with Crippen molar-refractivity contribution in [3.63, 3.8) is 0 Å². The maximum atomic E-state index is 12.8. The van der Waals surface area contributed by atoms with Gasteiger partial charge in [-0.2, -0.15) is 0 Å². The molecule has 0 atom stereocenters. The fraction of sp³-hybridized carbons (Fsp3) is 0.227. The molecule has 0 radical (unpaired) electrons. The van der Waals surface area contributed by atoms with E-state index in [1.165, 1.54) is 5.82 Å². The van der Waals surface area contributed by atoms with Crippen LogP contribution in [0.3, 0.4) is 0 Å². The third-order valence-electron chi connectivity index (χ3n) is 3.99. The van der Waals surface area contributed by atoms with Gasteiger partial charge in [-0.15, -0.1) is 5.10 Å². The van der Waals surface area contributed by atoms with Crippen LogP contribution < -0.4 is 4.74 Å². The molecule has 29 heavy (non-hydrogen) atoms. The Labute approximate surface area is 171 Å². The van der Waals surface area contributed by atoms with E-state index in [0.29, 0.717) is 31.4 Å². The molecule has 0 spiro atoms. The molecule has 0 saturated heterocycles. The summed E-state index contributed by atoms with van der Waals surface area (Å²) in [5.41, 5.74) is 2.62. The highest BCUT2D eigenvalue weighted by molar-refractivity contribution is 7.57. The third-order valence-corrected chi connectivity index (χ3v) is 5.74. The highest BCUT2D eigenvalue weighted by Crippen LogP contribution is 2.50. The van der Waals surface area contributed by atoms with Crippen molar-refractivity contribution in [3.05, 3.63) is 83.8 Å². The molecule has 0 N–H and O–H groups in total. The van der Waals surface area contributed by atoms with Gasteiger partial charge in [-0.3, -0.25) is 4.57 Å². The molecule has 7 heteroatoms. The Morgan fingerprint density at radius 2 is 1.59 bits per heavy atom. The summed E-state index contributed by atoms with van der Waals surface area (Å²) in [6, 6.07) is 21.4. The number of benzene rings is 2. The largest absolute Gasteiger partial charge is 0.472 e. The first kappa shape index (κ1) is 21.1. The van der Waals surface area contributed by atoms with Gasteiger partial charge in [-0.1, -0.05) is 48.5 Å². The van der Waals surface area contributed by atoms with E-state index in [9.17, 15) is 4.57 Å². The first-order valence-corrected chi connectivity index (χ1v) is 11.1. The average molecular weight is 412 g/mol. The Hall–Kier alpha value is -2.66. The first-order chi connectivity index (χ1) is 14.1. The van der Waals surface area contributed by atoms with E-state index in [4.69, 9.17) is 13.8 Å². The summed E-state index contributed by atoms with van der Waals surface area (Å²) in [6.07, 6.45) is 1.70. The standard InChI is InChI=1S/C22H25N2O4P/c1-3-27-29(25,28-4-2)16-15-21-17-22(26-18-19-11-7-5-8-12-19)23-24(21)20-13-9-6-10-14-20/h5-17H,3-4,18H2,1-2H3/b16-15+. The zero-order chi connectivity index (χ0) is 20.5. The zero-order valence-electron chi connectivity index (χ0n) is 16.6. The normalized spacial score (nSPS) is 11.8. The van der Waals surface area contributed by atoms with Gasteiger partial charge >= 0.3 is 7.60 Å². The molecule has 0 aliphatic carbocycles. The van der Waals surface area contributed by atoms with Crippen LogP contribution in [0, 0.1) is 0 Å². The van der Waals surface area contributed by atoms with Crippen LogP contribution in [-0.2, 0) is 20.2 Å². The highest BCUT2D eigenvalue weighted by Gasteiger charge is 2.20. The quantitative estimate of drug-likeness (QED) is 0.401. The van der Waals surface area contributed by atoms with Gasteiger partial charge in [-0.25, -0.2) is 4.68 Å². The van der Waals surface area contributed by atoms with Gasteiger partial charge in [-0.05, 0) is 37.6 Å². The molecule has 3 aromatic rings. The summed E-state index contributed by atoms with van der Waals surface area (Å²) in [7, 11) is -3.31. The van der Waals surface area contributed by atoms with E-state index in [0.717, 1.165) is 11.3 Å². The fourth-order valence-electron chi connectivity index (χ4n) is 2.72. The van der Waals surface area contributed by atoms with Crippen molar-refractivity contribution in [1.29, 1.82) is 0 Å². The molecule has 1 aromatic heterocycles. The summed E-state index contributed by atoms with van der Waals surface area (Å²) in [6.45, 7) is 4.56. The van der Waals surface area contributed by atoms with Crippen molar-refractivity contribution >= 4 is 13.7 Å².